The van der Waals surface area contributed by atoms with E-state index in [0.717, 1.165) is 24.0 Å². The third kappa shape index (κ3) is 3.47. The molecule has 0 aromatic heterocycles. The molecule has 2 heteroatoms. The van der Waals surface area contributed by atoms with Crippen LogP contribution in [0.5, 0.6) is 0 Å². The highest BCUT2D eigenvalue weighted by Crippen LogP contribution is 2.24. The lowest BCUT2D eigenvalue weighted by molar-refractivity contribution is 0.220. The second kappa shape index (κ2) is 6.69. The monoisotopic (exact) mass is 269 g/mol. The molecule has 20 heavy (non-hydrogen) atoms. The Morgan fingerprint density at radius 3 is 2.20 bits per heavy atom. The standard InChI is InChI=1S/C18H23NO/c1-13-5-8-17(12-14(13)2)18(20)16-9-6-15(7-10-16)4-3-11-19/h5-10,12,18,20H,3-4,11,19H2,1-2H3. The predicted octanol–water partition coefficient (Wildman–Crippen LogP) is 3.28. The molecule has 0 saturated carbocycles. The maximum absolute atomic E-state index is 10.5. The first-order valence-corrected chi connectivity index (χ1v) is 7.16. The van der Waals surface area contributed by atoms with E-state index in [1.54, 1.807) is 0 Å². The van der Waals surface area contributed by atoms with E-state index in [0.29, 0.717) is 6.54 Å². The van der Waals surface area contributed by atoms with Crippen molar-refractivity contribution in [3.8, 4) is 0 Å². The molecule has 0 amide bonds. The average Bonchev–Trinajstić information content (AvgIpc) is 2.48. The molecule has 2 nitrogen and oxygen atoms in total. The van der Waals surface area contributed by atoms with Crippen molar-refractivity contribution >= 4 is 0 Å². The topological polar surface area (TPSA) is 46.2 Å². The van der Waals surface area contributed by atoms with Crippen LogP contribution in [0, 0.1) is 13.8 Å². The van der Waals surface area contributed by atoms with Gasteiger partial charge in [-0.25, -0.2) is 0 Å². The van der Waals surface area contributed by atoms with Crippen molar-refractivity contribution in [1.82, 2.24) is 0 Å². The summed E-state index contributed by atoms with van der Waals surface area (Å²) in [7, 11) is 0. The van der Waals surface area contributed by atoms with Gasteiger partial charge in [-0.3, -0.25) is 0 Å². The second-order valence-electron chi connectivity index (χ2n) is 5.38. The summed E-state index contributed by atoms with van der Waals surface area (Å²) in [5.74, 6) is 0. The molecule has 3 N–H and O–H groups in total. The van der Waals surface area contributed by atoms with Gasteiger partial charge < -0.3 is 10.8 Å². The molecule has 0 bridgehead atoms. The minimum Gasteiger partial charge on any atom is -0.384 e. The van der Waals surface area contributed by atoms with Crippen LogP contribution in [0.2, 0.25) is 0 Å². The fourth-order valence-electron chi connectivity index (χ4n) is 2.30. The average molecular weight is 269 g/mol. The molecule has 0 fully saturated rings. The summed E-state index contributed by atoms with van der Waals surface area (Å²) < 4.78 is 0. The fourth-order valence-corrected chi connectivity index (χ4v) is 2.30. The number of aryl methyl sites for hydroxylation is 3. The Morgan fingerprint density at radius 2 is 1.60 bits per heavy atom. The van der Waals surface area contributed by atoms with Crippen molar-refractivity contribution in [2.75, 3.05) is 6.54 Å². The van der Waals surface area contributed by atoms with Gasteiger partial charge in [0.1, 0.15) is 6.10 Å². The molecule has 2 aromatic carbocycles. The zero-order valence-corrected chi connectivity index (χ0v) is 12.3. The lowest BCUT2D eigenvalue weighted by atomic mass is 9.97. The van der Waals surface area contributed by atoms with Crippen LogP contribution in [0.15, 0.2) is 42.5 Å². The van der Waals surface area contributed by atoms with Gasteiger partial charge in [-0.15, -0.1) is 0 Å². The Kier molecular flexibility index (Phi) is 4.94. The van der Waals surface area contributed by atoms with Crippen LogP contribution >= 0.6 is 0 Å². The number of hydrogen-bond donors (Lipinski definition) is 2. The van der Waals surface area contributed by atoms with E-state index in [2.05, 4.69) is 38.1 Å². The Balaban J connectivity index is 2.15. The summed E-state index contributed by atoms with van der Waals surface area (Å²) in [6.45, 7) is 4.87. The molecule has 0 aliphatic rings. The van der Waals surface area contributed by atoms with Crippen molar-refractivity contribution in [1.29, 1.82) is 0 Å². The van der Waals surface area contributed by atoms with E-state index in [-0.39, 0.29) is 0 Å². The first-order chi connectivity index (χ1) is 9.61. The summed E-state index contributed by atoms with van der Waals surface area (Å²) in [5, 5.41) is 10.5. The van der Waals surface area contributed by atoms with Crippen molar-refractivity contribution in [2.45, 2.75) is 32.8 Å². The third-order valence-electron chi connectivity index (χ3n) is 3.81. The maximum atomic E-state index is 10.5. The highest BCUT2D eigenvalue weighted by atomic mass is 16.3. The lowest BCUT2D eigenvalue weighted by Gasteiger charge is -2.14. The van der Waals surface area contributed by atoms with Gasteiger partial charge in [0.25, 0.3) is 0 Å². The highest BCUT2D eigenvalue weighted by Gasteiger charge is 2.10. The molecule has 0 spiro atoms. The van der Waals surface area contributed by atoms with E-state index in [4.69, 9.17) is 5.73 Å². The molecule has 0 saturated heterocycles. The first kappa shape index (κ1) is 14.8. The van der Waals surface area contributed by atoms with E-state index >= 15 is 0 Å². The van der Waals surface area contributed by atoms with Crippen molar-refractivity contribution < 1.29 is 5.11 Å². The van der Waals surface area contributed by atoms with Crippen molar-refractivity contribution in [2.24, 2.45) is 5.73 Å². The first-order valence-electron chi connectivity index (χ1n) is 7.16. The molecule has 106 valence electrons. The predicted molar refractivity (Wildman–Crippen MR) is 83.8 cm³/mol. The van der Waals surface area contributed by atoms with Gasteiger partial charge in [0.15, 0.2) is 0 Å². The van der Waals surface area contributed by atoms with Crippen molar-refractivity contribution in [3.63, 3.8) is 0 Å². The molecular weight excluding hydrogens is 246 g/mol. The quantitative estimate of drug-likeness (QED) is 0.875. The SMILES string of the molecule is Cc1ccc(C(O)c2ccc(CCCN)cc2)cc1C. The van der Waals surface area contributed by atoms with Crippen LogP contribution in [0.4, 0.5) is 0 Å². The number of nitrogens with two attached hydrogens (primary N) is 1. The minimum absolute atomic E-state index is 0.558. The zero-order valence-electron chi connectivity index (χ0n) is 12.3. The molecule has 2 aromatic rings. The van der Waals surface area contributed by atoms with Gasteiger partial charge in [-0.1, -0.05) is 42.5 Å². The summed E-state index contributed by atoms with van der Waals surface area (Å²) in [4.78, 5) is 0. The van der Waals surface area contributed by atoms with Gasteiger partial charge in [-0.05, 0) is 61.1 Å². The van der Waals surface area contributed by atoms with Gasteiger partial charge in [-0.2, -0.15) is 0 Å². The smallest absolute Gasteiger partial charge is 0.104 e. The molecule has 0 aliphatic carbocycles. The summed E-state index contributed by atoms with van der Waals surface area (Å²) in [6, 6.07) is 14.3. The van der Waals surface area contributed by atoms with Crippen LogP contribution in [0.1, 0.15) is 40.3 Å². The number of hydrogen-bond acceptors (Lipinski definition) is 2. The van der Waals surface area contributed by atoms with Gasteiger partial charge in [0.2, 0.25) is 0 Å². The zero-order chi connectivity index (χ0) is 14.5. The molecule has 0 radical (unpaired) electrons. The lowest BCUT2D eigenvalue weighted by Crippen LogP contribution is -2.02. The Labute approximate surface area is 121 Å². The summed E-state index contributed by atoms with van der Waals surface area (Å²) in [6.07, 6.45) is 1.44. The highest BCUT2D eigenvalue weighted by molar-refractivity contribution is 5.36. The largest absolute Gasteiger partial charge is 0.384 e. The summed E-state index contributed by atoms with van der Waals surface area (Å²) >= 11 is 0. The molecule has 0 heterocycles. The summed E-state index contributed by atoms with van der Waals surface area (Å²) in [5.41, 5.74) is 11.1. The van der Waals surface area contributed by atoms with Gasteiger partial charge in [0, 0.05) is 0 Å². The number of benzene rings is 2. The van der Waals surface area contributed by atoms with Crippen LogP contribution in [0.25, 0.3) is 0 Å². The third-order valence-corrected chi connectivity index (χ3v) is 3.81. The van der Waals surface area contributed by atoms with Crippen LogP contribution < -0.4 is 5.73 Å². The molecule has 1 atom stereocenters. The van der Waals surface area contributed by atoms with Crippen molar-refractivity contribution in [3.05, 3.63) is 70.3 Å². The van der Waals surface area contributed by atoms with Gasteiger partial charge in [0.05, 0.1) is 0 Å². The van der Waals surface area contributed by atoms with Gasteiger partial charge >= 0.3 is 0 Å². The molecule has 2 rings (SSSR count). The van der Waals surface area contributed by atoms with Crippen LogP contribution in [-0.2, 0) is 6.42 Å². The minimum atomic E-state index is -0.558. The maximum Gasteiger partial charge on any atom is 0.104 e. The molecule has 1 unspecified atom stereocenters. The normalized spacial score (nSPS) is 12.4. The van der Waals surface area contributed by atoms with E-state index in [1.807, 2.05) is 18.2 Å². The Bertz CT molecular complexity index is 560. The number of aliphatic hydroxyl groups excluding tert-OH is 1. The molecular formula is C18H23NO. The number of aliphatic hydroxyl groups is 1. The Hall–Kier alpha value is -1.64. The van der Waals surface area contributed by atoms with Crippen LogP contribution in [-0.4, -0.2) is 11.7 Å². The molecule has 0 aliphatic heterocycles. The van der Waals surface area contributed by atoms with E-state index < -0.39 is 6.10 Å². The van der Waals surface area contributed by atoms with E-state index in [1.165, 1.54) is 16.7 Å². The Morgan fingerprint density at radius 1 is 0.950 bits per heavy atom. The van der Waals surface area contributed by atoms with Crippen LogP contribution in [0.3, 0.4) is 0 Å². The fraction of sp³-hybridized carbons (Fsp3) is 0.333. The van der Waals surface area contributed by atoms with E-state index in [9.17, 15) is 5.11 Å². The number of rotatable bonds is 5. The second-order valence-corrected chi connectivity index (χ2v) is 5.38.